The van der Waals surface area contributed by atoms with Crippen LogP contribution in [0.15, 0.2) is 54.1 Å². The van der Waals surface area contributed by atoms with Crippen molar-refractivity contribution >= 4 is 23.6 Å². The van der Waals surface area contributed by atoms with Crippen LogP contribution in [0.4, 0.5) is 5.69 Å². The molecule has 0 radical (unpaired) electrons. The molecule has 0 aliphatic heterocycles. The van der Waals surface area contributed by atoms with E-state index in [4.69, 9.17) is 10.00 Å². The monoisotopic (exact) mass is 348 g/mol. The van der Waals surface area contributed by atoms with E-state index in [2.05, 4.69) is 5.32 Å². The number of nitriles is 1. The van der Waals surface area contributed by atoms with E-state index in [9.17, 15) is 9.59 Å². The summed E-state index contributed by atoms with van der Waals surface area (Å²) in [4.78, 5) is 23.9. The van der Waals surface area contributed by atoms with E-state index in [-0.39, 0.29) is 5.57 Å². The third-order valence-corrected chi connectivity index (χ3v) is 3.68. The minimum Gasteiger partial charge on any atom is -0.451 e. The number of benzene rings is 2. The SMILES string of the molecule is CCc1cccc(NC(=O)COC(=O)/C(C#N)=C/c2ccc(C)cc2)c1. The van der Waals surface area contributed by atoms with Crippen LogP contribution in [0.2, 0.25) is 0 Å². The molecule has 1 amide bonds. The van der Waals surface area contributed by atoms with Gasteiger partial charge in [-0.15, -0.1) is 0 Å². The molecule has 0 fully saturated rings. The number of amides is 1. The van der Waals surface area contributed by atoms with Crippen LogP contribution in [0.25, 0.3) is 6.08 Å². The maximum atomic E-state index is 12.0. The quantitative estimate of drug-likeness (QED) is 0.491. The molecule has 2 aromatic carbocycles. The highest BCUT2D eigenvalue weighted by molar-refractivity contribution is 6.00. The normalized spacial score (nSPS) is 10.7. The van der Waals surface area contributed by atoms with Crippen molar-refractivity contribution in [1.82, 2.24) is 0 Å². The van der Waals surface area contributed by atoms with Gasteiger partial charge in [0.05, 0.1) is 0 Å². The largest absolute Gasteiger partial charge is 0.451 e. The standard InChI is InChI=1S/C21H20N2O3/c1-3-16-5-4-6-19(12-16)23-20(24)14-26-21(25)18(13-22)11-17-9-7-15(2)8-10-17/h4-12H,3,14H2,1-2H3,(H,23,24)/b18-11+. The van der Waals surface area contributed by atoms with Gasteiger partial charge in [-0.25, -0.2) is 4.79 Å². The maximum absolute atomic E-state index is 12.0. The van der Waals surface area contributed by atoms with Gasteiger partial charge in [0.1, 0.15) is 11.6 Å². The fourth-order valence-corrected chi connectivity index (χ4v) is 2.24. The second-order valence-electron chi connectivity index (χ2n) is 5.76. The lowest BCUT2D eigenvalue weighted by molar-refractivity contribution is -0.142. The molecule has 26 heavy (non-hydrogen) atoms. The number of hydrogen-bond acceptors (Lipinski definition) is 4. The Morgan fingerprint density at radius 3 is 2.58 bits per heavy atom. The number of ether oxygens (including phenoxy) is 1. The fraction of sp³-hybridized carbons (Fsp3) is 0.190. The van der Waals surface area contributed by atoms with Crippen molar-refractivity contribution < 1.29 is 14.3 Å². The lowest BCUT2D eigenvalue weighted by Crippen LogP contribution is -2.21. The number of carbonyl (C=O) groups excluding carboxylic acids is 2. The molecule has 0 saturated heterocycles. The van der Waals surface area contributed by atoms with Gasteiger partial charge in [-0.1, -0.05) is 48.9 Å². The molecule has 0 spiro atoms. The summed E-state index contributed by atoms with van der Waals surface area (Å²) < 4.78 is 4.94. The van der Waals surface area contributed by atoms with Gasteiger partial charge in [-0.2, -0.15) is 5.26 Å². The van der Waals surface area contributed by atoms with Crippen LogP contribution < -0.4 is 5.32 Å². The average molecular weight is 348 g/mol. The number of rotatable bonds is 6. The molecule has 0 atom stereocenters. The van der Waals surface area contributed by atoms with E-state index in [0.29, 0.717) is 11.3 Å². The van der Waals surface area contributed by atoms with Crippen LogP contribution >= 0.6 is 0 Å². The summed E-state index contributed by atoms with van der Waals surface area (Å²) in [7, 11) is 0. The Balaban J connectivity index is 1.94. The number of esters is 1. The van der Waals surface area contributed by atoms with Gasteiger partial charge in [0.25, 0.3) is 5.91 Å². The maximum Gasteiger partial charge on any atom is 0.349 e. The molecular formula is C21H20N2O3. The number of carbonyl (C=O) groups is 2. The Morgan fingerprint density at radius 1 is 1.19 bits per heavy atom. The summed E-state index contributed by atoms with van der Waals surface area (Å²) in [6, 6.07) is 16.6. The van der Waals surface area contributed by atoms with E-state index in [1.54, 1.807) is 18.2 Å². The molecule has 5 heteroatoms. The summed E-state index contributed by atoms with van der Waals surface area (Å²) in [5, 5.41) is 11.8. The van der Waals surface area contributed by atoms with Crippen LogP contribution in [-0.4, -0.2) is 18.5 Å². The minimum atomic E-state index is -0.828. The van der Waals surface area contributed by atoms with Crippen molar-refractivity contribution in [2.75, 3.05) is 11.9 Å². The van der Waals surface area contributed by atoms with Gasteiger partial charge in [0.15, 0.2) is 6.61 Å². The zero-order valence-corrected chi connectivity index (χ0v) is 14.8. The average Bonchev–Trinajstić information content (AvgIpc) is 2.65. The van der Waals surface area contributed by atoms with Gasteiger partial charge in [0, 0.05) is 5.69 Å². The van der Waals surface area contributed by atoms with Crippen LogP contribution in [-0.2, 0) is 20.7 Å². The van der Waals surface area contributed by atoms with Crippen molar-refractivity contribution in [2.45, 2.75) is 20.3 Å². The lowest BCUT2D eigenvalue weighted by atomic mass is 10.1. The summed E-state index contributed by atoms with van der Waals surface area (Å²) in [5.41, 5.74) is 3.36. The Kier molecular flexibility index (Phi) is 6.69. The first-order valence-corrected chi connectivity index (χ1v) is 8.26. The Morgan fingerprint density at radius 2 is 1.92 bits per heavy atom. The first-order valence-electron chi connectivity index (χ1n) is 8.26. The van der Waals surface area contributed by atoms with Gasteiger partial charge < -0.3 is 10.1 Å². The molecule has 0 saturated carbocycles. The first kappa shape index (κ1) is 18.9. The van der Waals surface area contributed by atoms with E-state index in [1.165, 1.54) is 6.08 Å². The number of nitrogens with one attached hydrogen (secondary N) is 1. The first-order chi connectivity index (χ1) is 12.5. The molecule has 1 N–H and O–H groups in total. The van der Waals surface area contributed by atoms with Crippen LogP contribution in [0, 0.1) is 18.3 Å². The fourth-order valence-electron chi connectivity index (χ4n) is 2.24. The predicted molar refractivity (Wildman–Crippen MR) is 100 cm³/mol. The molecule has 0 bridgehead atoms. The molecule has 132 valence electrons. The van der Waals surface area contributed by atoms with E-state index in [1.807, 2.05) is 50.2 Å². The van der Waals surface area contributed by atoms with Gasteiger partial charge in [0.2, 0.25) is 0 Å². The summed E-state index contributed by atoms with van der Waals surface area (Å²) >= 11 is 0. The molecule has 0 heterocycles. The smallest absolute Gasteiger partial charge is 0.349 e. The highest BCUT2D eigenvalue weighted by Crippen LogP contribution is 2.12. The molecule has 0 unspecified atom stereocenters. The summed E-state index contributed by atoms with van der Waals surface area (Å²) in [6.07, 6.45) is 2.29. The van der Waals surface area contributed by atoms with Crippen LogP contribution in [0.3, 0.4) is 0 Å². The van der Waals surface area contributed by atoms with E-state index in [0.717, 1.165) is 17.5 Å². The van der Waals surface area contributed by atoms with Gasteiger partial charge in [-0.05, 0) is 42.7 Å². The number of aryl methyl sites for hydroxylation is 2. The Hall–Kier alpha value is -3.39. The number of nitrogens with zero attached hydrogens (tertiary/aromatic N) is 1. The highest BCUT2D eigenvalue weighted by Gasteiger charge is 2.13. The predicted octanol–water partition coefficient (Wildman–Crippen LogP) is 3.65. The van der Waals surface area contributed by atoms with Crippen LogP contribution in [0.5, 0.6) is 0 Å². The third kappa shape index (κ3) is 5.60. The zero-order valence-electron chi connectivity index (χ0n) is 14.8. The summed E-state index contributed by atoms with van der Waals surface area (Å²) in [6.45, 7) is 3.51. The Bertz CT molecular complexity index is 862. The molecule has 0 aliphatic carbocycles. The van der Waals surface area contributed by atoms with Crippen molar-refractivity contribution in [1.29, 1.82) is 5.26 Å². The second kappa shape index (κ2) is 9.19. The molecule has 2 rings (SSSR count). The van der Waals surface area contributed by atoms with Crippen LogP contribution in [0.1, 0.15) is 23.6 Å². The highest BCUT2D eigenvalue weighted by atomic mass is 16.5. The number of anilines is 1. The van der Waals surface area contributed by atoms with Crippen molar-refractivity contribution in [3.05, 3.63) is 70.8 Å². The molecule has 0 aliphatic rings. The topological polar surface area (TPSA) is 79.2 Å². The Labute approximate surface area is 152 Å². The third-order valence-electron chi connectivity index (χ3n) is 3.68. The number of hydrogen-bond donors (Lipinski definition) is 1. The summed E-state index contributed by atoms with van der Waals surface area (Å²) in [5.74, 6) is -1.29. The van der Waals surface area contributed by atoms with E-state index < -0.39 is 18.5 Å². The van der Waals surface area contributed by atoms with Crippen molar-refractivity contribution in [2.24, 2.45) is 0 Å². The second-order valence-corrected chi connectivity index (χ2v) is 5.76. The molecular weight excluding hydrogens is 328 g/mol. The zero-order chi connectivity index (χ0) is 18.9. The molecule has 2 aromatic rings. The van der Waals surface area contributed by atoms with E-state index >= 15 is 0 Å². The van der Waals surface area contributed by atoms with Gasteiger partial charge in [-0.3, -0.25) is 4.79 Å². The lowest BCUT2D eigenvalue weighted by Gasteiger charge is -2.07. The van der Waals surface area contributed by atoms with Gasteiger partial charge >= 0.3 is 5.97 Å². The molecule has 5 nitrogen and oxygen atoms in total. The van der Waals surface area contributed by atoms with Crippen molar-refractivity contribution in [3.8, 4) is 6.07 Å². The van der Waals surface area contributed by atoms with Crippen molar-refractivity contribution in [3.63, 3.8) is 0 Å². The molecule has 0 aromatic heterocycles. The minimum absolute atomic E-state index is 0.158.